The Balaban J connectivity index is 1.39. The first-order valence-electron chi connectivity index (χ1n) is 10.0. The number of hydrogen-bond donors (Lipinski definition) is 2. The summed E-state index contributed by atoms with van der Waals surface area (Å²) in [6.07, 6.45) is 4.51. The number of nitrogens with one attached hydrogen (secondary N) is 2. The first-order valence-corrected chi connectivity index (χ1v) is 10.8. The van der Waals surface area contributed by atoms with Gasteiger partial charge in [0.2, 0.25) is 5.91 Å². The Morgan fingerprint density at radius 1 is 1.22 bits per heavy atom. The van der Waals surface area contributed by atoms with Crippen LogP contribution in [0.25, 0.3) is 0 Å². The van der Waals surface area contributed by atoms with Crippen molar-refractivity contribution in [3.8, 4) is 0 Å². The molecule has 2 aliphatic rings. The van der Waals surface area contributed by atoms with Gasteiger partial charge in [0.05, 0.1) is 10.2 Å². The van der Waals surface area contributed by atoms with Gasteiger partial charge in [-0.25, -0.2) is 0 Å². The fraction of sp³-hybridized carbons (Fsp3) is 0.737. The summed E-state index contributed by atoms with van der Waals surface area (Å²) >= 11 is 3.47. The van der Waals surface area contributed by atoms with Crippen LogP contribution in [0.5, 0.6) is 0 Å². The van der Waals surface area contributed by atoms with E-state index in [1.807, 2.05) is 4.90 Å². The molecule has 0 atom stereocenters. The summed E-state index contributed by atoms with van der Waals surface area (Å²) in [7, 11) is 0. The normalized spacial score (nSPS) is 19.0. The largest absolute Gasteiger partial charge is 0.349 e. The fourth-order valence-corrected chi connectivity index (χ4v) is 4.72. The number of rotatable bonds is 6. The highest BCUT2D eigenvalue weighted by atomic mass is 79.9. The second kappa shape index (κ2) is 9.19. The van der Waals surface area contributed by atoms with E-state index in [1.165, 1.54) is 12.8 Å². The predicted octanol–water partition coefficient (Wildman–Crippen LogP) is 2.36. The lowest BCUT2D eigenvalue weighted by Gasteiger charge is -2.36. The SMILES string of the molecule is CC(C)c1[nH]nc(C(=O)NCCN2CCN(C(=O)C3CCCC3)CC2)c1Br. The molecule has 8 heteroatoms. The molecule has 1 aliphatic carbocycles. The molecule has 0 bridgehead atoms. The fourth-order valence-electron chi connectivity index (χ4n) is 3.91. The van der Waals surface area contributed by atoms with Gasteiger partial charge in [-0.1, -0.05) is 26.7 Å². The molecule has 1 aromatic heterocycles. The number of carbonyl (C=O) groups is 2. The molecular formula is C19H30BrN5O2. The number of nitrogens with zero attached hydrogens (tertiary/aromatic N) is 3. The van der Waals surface area contributed by atoms with E-state index in [1.54, 1.807) is 0 Å². The summed E-state index contributed by atoms with van der Waals surface area (Å²) in [6, 6.07) is 0. The van der Waals surface area contributed by atoms with Gasteiger partial charge >= 0.3 is 0 Å². The number of halogens is 1. The van der Waals surface area contributed by atoms with Crippen LogP contribution in [0.3, 0.4) is 0 Å². The zero-order valence-electron chi connectivity index (χ0n) is 16.3. The van der Waals surface area contributed by atoms with Crippen molar-refractivity contribution in [2.24, 2.45) is 5.92 Å². The Labute approximate surface area is 169 Å². The number of piperazine rings is 1. The molecule has 7 nitrogen and oxygen atoms in total. The second-order valence-corrected chi connectivity index (χ2v) is 8.65. The third-order valence-electron chi connectivity index (χ3n) is 5.63. The molecule has 0 unspecified atom stereocenters. The highest BCUT2D eigenvalue weighted by molar-refractivity contribution is 9.10. The van der Waals surface area contributed by atoms with E-state index >= 15 is 0 Å². The number of aromatic nitrogens is 2. The number of hydrogen-bond acceptors (Lipinski definition) is 4. The van der Waals surface area contributed by atoms with Crippen molar-refractivity contribution < 1.29 is 9.59 Å². The second-order valence-electron chi connectivity index (χ2n) is 7.86. The number of aromatic amines is 1. The van der Waals surface area contributed by atoms with Crippen molar-refractivity contribution in [2.45, 2.75) is 45.4 Å². The van der Waals surface area contributed by atoms with Gasteiger partial charge in [-0.15, -0.1) is 0 Å². The lowest BCUT2D eigenvalue weighted by Crippen LogP contribution is -2.51. The van der Waals surface area contributed by atoms with Crippen LogP contribution in [0, 0.1) is 5.92 Å². The van der Waals surface area contributed by atoms with Crippen LogP contribution in [-0.4, -0.2) is 71.1 Å². The molecule has 0 radical (unpaired) electrons. The summed E-state index contributed by atoms with van der Waals surface area (Å²) in [5.41, 5.74) is 1.34. The smallest absolute Gasteiger partial charge is 0.273 e. The standard InChI is InChI=1S/C19H30BrN5O2/c1-13(2)16-15(20)17(23-22-16)18(26)21-7-8-24-9-11-25(12-10-24)19(27)14-5-3-4-6-14/h13-14H,3-12H2,1-2H3,(H,21,26)(H,22,23). The molecule has 2 heterocycles. The Kier molecular flexibility index (Phi) is 6.92. The van der Waals surface area contributed by atoms with E-state index in [-0.39, 0.29) is 17.7 Å². The molecule has 1 aliphatic heterocycles. The van der Waals surface area contributed by atoms with Gasteiger partial charge in [0.15, 0.2) is 5.69 Å². The predicted molar refractivity (Wildman–Crippen MR) is 108 cm³/mol. The Morgan fingerprint density at radius 3 is 2.48 bits per heavy atom. The van der Waals surface area contributed by atoms with Gasteiger partial charge in [-0.05, 0) is 34.7 Å². The maximum atomic E-state index is 12.5. The van der Waals surface area contributed by atoms with Crippen LogP contribution in [0.4, 0.5) is 0 Å². The first kappa shape index (κ1) is 20.3. The molecule has 1 saturated carbocycles. The summed E-state index contributed by atoms with van der Waals surface area (Å²) < 4.78 is 0.744. The number of amides is 2. The molecule has 150 valence electrons. The lowest BCUT2D eigenvalue weighted by molar-refractivity contribution is -0.137. The Morgan fingerprint density at radius 2 is 1.89 bits per heavy atom. The van der Waals surface area contributed by atoms with Gasteiger partial charge in [-0.2, -0.15) is 5.10 Å². The van der Waals surface area contributed by atoms with Crippen molar-refractivity contribution in [3.05, 3.63) is 15.9 Å². The van der Waals surface area contributed by atoms with Crippen LogP contribution >= 0.6 is 15.9 Å². The molecular weight excluding hydrogens is 410 g/mol. The summed E-state index contributed by atoms with van der Waals surface area (Å²) in [6.45, 7) is 8.81. The van der Waals surface area contributed by atoms with Crippen molar-refractivity contribution >= 4 is 27.7 Å². The number of H-pyrrole nitrogens is 1. The summed E-state index contributed by atoms with van der Waals surface area (Å²) in [4.78, 5) is 29.2. The quantitative estimate of drug-likeness (QED) is 0.712. The van der Waals surface area contributed by atoms with E-state index in [2.05, 4.69) is 50.2 Å². The molecule has 3 rings (SSSR count). The first-order chi connectivity index (χ1) is 13.0. The lowest BCUT2D eigenvalue weighted by atomic mass is 10.1. The molecule has 2 amide bonds. The third kappa shape index (κ3) is 4.90. The molecule has 27 heavy (non-hydrogen) atoms. The van der Waals surface area contributed by atoms with E-state index < -0.39 is 0 Å². The van der Waals surface area contributed by atoms with Gasteiger partial charge in [-0.3, -0.25) is 19.6 Å². The topological polar surface area (TPSA) is 81.3 Å². The van der Waals surface area contributed by atoms with Gasteiger partial charge in [0, 0.05) is 45.2 Å². The maximum Gasteiger partial charge on any atom is 0.273 e. The highest BCUT2D eigenvalue weighted by Gasteiger charge is 2.29. The molecule has 0 aromatic carbocycles. The van der Waals surface area contributed by atoms with E-state index in [4.69, 9.17) is 0 Å². The van der Waals surface area contributed by atoms with Crippen LogP contribution in [-0.2, 0) is 4.79 Å². The zero-order chi connectivity index (χ0) is 19.4. The van der Waals surface area contributed by atoms with Crippen LogP contribution in [0.15, 0.2) is 4.47 Å². The summed E-state index contributed by atoms with van der Waals surface area (Å²) in [5.74, 6) is 0.723. The molecule has 2 N–H and O–H groups in total. The highest BCUT2D eigenvalue weighted by Crippen LogP contribution is 2.27. The van der Waals surface area contributed by atoms with Gasteiger partial charge in [0.25, 0.3) is 5.91 Å². The van der Waals surface area contributed by atoms with Crippen LogP contribution < -0.4 is 5.32 Å². The monoisotopic (exact) mass is 439 g/mol. The van der Waals surface area contributed by atoms with Crippen LogP contribution in [0.1, 0.15) is 61.6 Å². The van der Waals surface area contributed by atoms with Crippen molar-refractivity contribution in [1.82, 2.24) is 25.3 Å². The molecule has 1 aromatic rings. The van der Waals surface area contributed by atoms with Crippen LogP contribution in [0.2, 0.25) is 0 Å². The zero-order valence-corrected chi connectivity index (χ0v) is 17.8. The van der Waals surface area contributed by atoms with E-state index in [0.717, 1.165) is 55.7 Å². The summed E-state index contributed by atoms with van der Waals surface area (Å²) in [5, 5.41) is 10.00. The minimum absolute atomic E-state index is 0.167. The van der Waals surface area contributed by atoms with Crippen molar-refractivity contribution in [3.63, 3.8) is 0 Å². The van der Waals surface area contributed by atoms with E-state index in [9.17, 15) is 9.59 Å². The van der Waals surface area contributed by atoms with Crippen molar-refractivity contribution in [2.75, 3.05) is 39.3 Å². The van der Waals surface area contributed by atoms with Gasteiger partial charge in [0.1, 0.15) is 0 Å². The maximum absolute atomic E-state index is 12.5. The van der Waals surface area contributed by atoms with E-state index in [0.29, 0.717) is 18.1 Å². The minimum Gasteiger partial charge on any atom is -0.349 e. The third-order valence-corrected chi connectivity index (χ3v) is 6.43. The minimum atomic E-state index is -0.167. The van der Waals surface area contributed by atoms with Crippen molar-refractivity contribution in [1.29, 1.82) is 0 Å². The molecule has 1 saturated heterocycles. The Bertz CT molecular complexity index is 661. The molecule has 2 fully saturated rings. The average Bonchev–Trinajstić information content (AvgIpc) is 3.31. The number of carbonyl (C=O) groups excluding carboxylic acids is 2. The Hall–Kier alpha value is -1.41. The van der Waals surface area contributed by atoms with Gasteiger partial charge < -0.3 is 10.2 Å². The molecule has 0 spiro atoms. The average molecular weight is 440 g/mol.